The van der Waals surface area contributed by atoms with Gasteiger partial charge in [0.2, 0.25) is 0 Å². The fourth-order valence-corrected chi connectivity index (χ4v) is 8.73. The number of rotatable bonds is 3. The van der Waals surface area contributed by atoms with Gasteiger partial charge in [-0.3, -0.25) is 0 Å². The first-order valence-corrected chi connectivity index (χ1v) is 16.6. The zero-order chi connectivity index (χ0) is 30.2. The van der Waals surface area contributed by atoms with E-state index in [1.807, 2.05) is 35.7 Å². The van der Waals surface area contributed by atoms with Crippen LogP contribution in [0.25, 0.3) is 87.2 Å². The van der Waals surface area contributed by atoms with E-state index in [9.17, 15) is 0 Å². The van der Waals surface area contributed by atoms with E-state index in [0.29, 0.717) is 0 Å². The number of hydrogen-bond acceptors (Lipinski definition) is 3. The van der Waals surface area contributed by atoms with Crippen LogP contribution in [0.1, 0.15) is 17.5 Å². The van der Waals surface area contributed by atoms with Crippen molar-refractivity contribution >= 4 is 70.2 Å². The summed E-state index contributed by atoms with van der Waals surface area (Å²) >= 11 is 1.89. The van der Waals surface area contributed by atoms with Crippen molar-refractivity contribution in [1.29, 1.82) is 0 Å². The summed E-state index contributed by atoms with van der Waals surface area (Å²) in [7, 11) is 0. The summed E-state index contributed by atoms with van der Waals surface area (Å²) < 4.78 is 5.09. The highest BCUT2D eigenvalue weighted by Crippen LogP contribution is 2.49. The van der Waals surface area contributed by atoms with Gasteiger partial charge in [0.1, 0.15) is 0 Å². The van der Waals surface area contributed by atoms with E-state index < -0.39 is 0 Å². The van der Waals surface area contributed by atoms with Gasteiger partial charge in [-0.1, -0.05) is 121 Å². The Morgan fingerprint density at radius 2 is 1.35 bits per heavy atom. The van der Waals surface area contributed by atoms with Crippen LogP contribution >= 0.6 is 11.3 Å². The molecule has 4 heteroatoms. The molecule has 0 saturated carbocycles. The van der Waals surface area contributed by atoms with E-state index in [0.717, 1.165) is 41.2 Å². The molecule has 0 atom stereocenters. The predicted molar refractivity (Wildman–Crippen MR) is 195 cm³/mol. The van der Waals surface area contributed by atoms with Crippen LogP contribution in [0.2, 0.25) is 0 Å². The monoisotopic (exact) mass is 605 g/mol. The zero-order valence-corrected chi connectivity index (χ0v) is 25.8. The molecule has 216 valence electrons. The number of nitrogens with zero attached hydrogens (tertiary/aromatic N) is 3. The average Bonchev–Trinajstić information content (AvgIpc) is 3.69. The van der Waals surface area contributed by atoms with Gasteiger partial charge in [-0.2, -0.15) is 0 Å². The molecule has 9 aromatic rings. The van der Waals surface area contributed by atoms with Crippen LogP contribution in [0.3, 0.4) is 0 Å². The highest BCUT2D eigenvalue weighted by Gasteiger charge is 2.26. The summed E-state index contributed by atoms with van der Waals surface area (Å²) in [5.74, 6) is 0.723. The maximum Gasteiger partial charge on any atom is 0.159 e. The Bertz CT molecular complexity index is 2680. The fourth-order valence-electron chi connectivity index (χ4n) is 7.49. The third-order valence-corrected chi connectivity index (χ3v) is 10.7. The molecule has 6 aromatic carbocycles. The lowest BCUT2D eigenvalue weighted by molar-refractivity contribution is 0.989. The Balaban J connectivity index is 1.46. The molecule has 0 bridgehead atoms. The number of allylic oxidation sites excluding steroid dienone is 1. The van der Waals surface area contributed by atoms with E-state index in [4.69, 9.17) is 9.97 Å². The SMILES string of the molecule is C1=Cc2c(ccc3c2c2c4ccccc4c4sc5ccccc5c4c2n3-c2cnc(-c3ccccc3)nc2-c2ccccc2)CC1. The Morgan fingerprint density at radius 3 is 2.17 bits per heavy atom. The van der Waals surface area contributed by atoms with Gasteiger partial charge in [0.15, 0.2) is 5.82 Å². The van der Waals surface area contributed by atoms with Gasteiger partial charge in [-0.05, 0) is 41.5 Å². The summed E-state index contributed by atoms with van der Waals surface area (Å²) in [5.41, 5.74) is 9.12. The van der Waals surface area contributed by atoms with Gasteiger partial charge in [-0.15, -0.1) is 11.3 Å². The quantitative estimate of drug-likeness (QED) is 0.201. The van der Waals surface area contributed by atoms with Crippen LogP contribution < -0.4 is 0 Å². The molecular formula is C42H27N3S. The molecule has 1 aliphatic rings. The highest BCUT2D eigenvalue weighted by molar-refractivity contribution is 7.27. The average molecular weight is 606 g/mol. The van der Waals surface area contributed by atoms with Gasteiger partial charge in [0.05, 0.1) is 28.6 Å². The molecular weight excluding hydrogens is 579 g/mol. The van der Waals surface area contributed by atoms with E-state index >= 15 is 0 Å². The molecule has 46 heavy (non-hydrogen) atoms. The molecule has 0 radical (unpaired) electrons. The second kappa shape index (κ2) is 9.96. The molecule has 3 nitrogen and oxygen atoms in total. The Morgan fingerprint density at radius 1 is 0.630 bits per heavy atom. The standard InChI is InChI=1S/C42H27N3S/c1-3-14-27(15-4-1)39-34(25-43-42(44-39)28-16-5-2-6-17-28)45-33-24-23-26-13-7-8-18-29(26)36(33)37-30-19-9-10-20-31(30)41-38(40(37)45)32-21-11-12-22-35(32)46-41/h1-6,8-12,14-25H,7,13H2. The summed E-state index contributed by atoms with van der Waals surface area (Å²) in [6.07, 6.45) is 8.85. The number of fused-ring (bicyclic) bond motifs is 12. The lowest BCUT2D eigenvalue weighted by Gasteiger charge is -2.16. The topological polar surface area (TPSA) is 30.7 Å². The molecule has 0 amide bonds. The smallest absolute Gasteiger partial charge is 0.159 e. The highest BCUT2D eigenvalue weighted by atomic mass is 32.1. The Labute approximate surface area is 269 Å². The number of benzene rings is 6. The van der Waals surface area contributed by atoms with Gasteiger partial charge in [0.25, 0.3) is 0 Å². The van der Waals surface area contributed by atoms with Crippen molar-refractivity contribution in [2.75, 3.05) is 0 Å². The van der Waals surface area contributed by atoms with Crippen molar-refractivity contribution in [3.63, 3.8) is 0 Å². The molecule has 0 N–H and O–H groups in total. The largest absolute Gasteiger partial charge is 0.305 e. The molecule has 3 heterocycles. The summed E-state index contributed by atoms with van der Waals surface area (Å²) in [4.78, 5) is 10.4. The van der Waals surface area contributed by atoms with Crippen LogP contribution in [0, 0.1) is 0 Å². The molecule has 1 aliphatic carbocycles. The van der Waals surface area contributed by atoms with Crippen molar-refractivity contribution in [2.24, 2.45) is 0 Å². The first-order valence-electron chi connectivity index (χ1n) is 15.8. The molecule has 0 aliphatic heterocycles. The number of hydrogen-bond donors (Lipinski definition) is 0. The van der Waals surface area contributed by atoms with Gasteiger partial charge in [0, 0.05) is 47.5 Å². The Hall–Kier alpha value is -5.58. The Kier molecular flexibility index (Phi) is 5.57. The summed E-state index contributed by atoms with van der Waals surface area (Å²) in [6.45, 7) is 0. The fraction of sp³-hybridized carbons (Fsp3) is 0.0476. The number of aromatic nitrogens is 3. The molecule has 3 aromatic heterocycles. The van der Waals surface area contributed by atoms with Crippen molar-refractivity contribution in [3.05, 3.63) is 145 Å². The van der Waals surface area contributed by atoms with Crippen LogP contribution in [0.15, 0.2) is 134 Å². The molecule has 0 unspecified atom stereocenters. The summed E-state index contributed by atoms with van der Waals surface area (Å²) in [6, 6.07) is 43.3. The first-order chi connectivity index (χ1) is 22.8. The molecule has 0 saturated heterocycles. The van der Waals surface area contributed by atoms with Crippen molar-refractivity contribution < 1.29 is 0 Å². The maximum atomic E-state index is 5.32. The third kappa shape index (κ3) is 3.65. The molecule has 0 spiro atoms. The molecule has 0 fully saturated rings. The van der Waals surface area contributed by atoms with Crippen LogP contribution in [-0.2, 0) is 6.42 Å². The number of aryl methyl sites for hydroxylation is 1. The second-order valence-corrected chi connectivity index (χ2v) is 13.1. The van der Waals surface area contributed by atoms with E-state index in [-0.39, 0.29) is 0 Å². The maximum absolute atomic E-state index is 5.32. The lowest BCUT2D eigenvalue weighted by atomic mass is 9.91. The predicted octanol–water partition coefficient (Wildman–Crippen LogP) is 11.4. The van der Waals surface area contributed by atoms with Crippen molar-refractivity contribution in [2.45, 2.75) is 12.8 Å². The van der Waals surface area contributed by atoms with Crippen LogP contribution in [0.4, 0.5) is 0 Å². The van der Waals surface area contributed by atoms with Crippen LogP contribution in [0.5, 0.6) is 0 Å². The second-order valence-electron chi connectivity index (χ2n) is 12.0. The zero-order valence-electron chi connectivity index (χ0n) is 24.9. The molecule has 10 rings (SSSR count). The minimum Gasteiger partial charge on any atom is -0.305 e. The minimum absolute atomic E-state index is 0.723. The lowest BCUT2D eigenvalue weighted by Crippen LogP contribution is -2.03. The third-order valence-electron chi connectivity index (χ3n) is 9.49. The van der Waals surface area contributed by atoms with Gasteiger partial charge in [-0.25, -0.2) is 9.97 Å². The minimum atomic E-state index is 0.723. The van der Waals surface area contributed by atoms with E-state index in [1.165, 1.54) is 63.9 Å². The van der Waals surface area contributed by atoms with Crippen LogP contribution in [-0.4, -0.2) is 14.5 Å². The van der Waals surface area contributed by atoms with E-state index in [2.05, 4.69) is 120 Å². The first kappa shape index (κ1) is 25.7. The summed E-state index contributed by atoms with van der Waals surface area (Å²) in [5, 5.41) is 7.79. The van der Waals surface area contributed by atoms with Gasteiger partial charge < -0.3 is 4.57 Å². The van der Waals surface area contributed by atoms with Crippen molar-refractivity contribution in [1.82, 2.24) is 14.5 Å². The normalized spacial score (nSPS) is 13.0. The van der Waals surface area contributed by atoms with Crippen molar-refractivity contribution in [3.8, 4) is 28.3 Å². The number of thiophene rings is 1. The van der Waals surface area contributed by atoms with Gasteiger partial charge >= 0.3 is 0 Å². The van der Waals surface area contributed by atoms with E-state index in [1.54, 1.807) is 0 Å².